The van der Waals surface area contributed by atoms with E-state index >= 15 is 0 Å². The van der Waals surface area contributed by atoms with Gasteiger partial charge in [0.1, 0.15) is 6.04 Å². The maximum atomic E-state index is 12.2. The number of hydrogen-bond acceptors (Lipinski definition) is 6. The van der Waals surface area contributed by atoms with E-state index in [0.717, 1.165) is 30.8 Å². The van der Waals surface area contributed by atoms with Crippen molar-refractivity contribution in [2.24, 2.45) is 0 Å². The van der Waals surface area contributed by atoms with Gasteiger partial charge in [-0.15, -0.1) is 11.3 Å². The summed E-state index contributed by atoms with van der Waals surface area (Å²) in [6.07, 6.45) is 2.14. The Morgan fingerprint density at radius 2 is 2.05 bits per heavy atom. The molecule has 0 aliphatic carbocycles. The Kier molecular flexibility index (Phi) is 4.59. The van der Waals surface area contributed by atoms with Gasteiger partial charge in [-0.1, -0.05) is 0 Å². The van der Waals surface area contributed by atoms with Crippen LogP contribution in [0.4, 0.5) is 5.13 Å². The van der Waals surface area contributed by atoms with Gasteiger partial charge in [-0.2, -0.15) is 0 Å². The van der Waals surface area contributed by atoms with Crippen molar-refractivity contribution in [1.29, 1.82) is 0 Å². The Morgan fingerprint density at radius 3 is 2.65 bits per heavy atom. The van der Waals surface area contributed by atoms with E-state index in [1.807, 2.05) is 18.7 Å². The second kappa shape index (κ2) is 6.21. The zero-order valence-corrected chi connectivity index (χ0v) is 12.7. The Bertz CT molecular complexity index is 509. The summed E-state index contributed by atoms with van der Waals surface area (Å²) in [5.41, 5.74) is 0.306. The van der Waals surface area contributed by atoms with E-state index in [2.05, 4.69) is 15.0 Å². The lowest BCUT2D eigenvalue weighted by Crippen LogP contribution is -2.39. The third-order valence-corrected chi connectivity index (χ3v) is 4.21. The number of carbonyl (C=O) groups excluding carboxylic acids is 2. The topological polar surface area (TPSA) is 71.5 Å². The second-order valence-electron chi connectivity index (χ2n) is 4.81. The summed E-state index contributed by atoms with van der Waals surface area (Å²) in [7, 11) is 1.33. The molecule has 110 valence electrons. The van der Waals surface area contributed by atoms with Crippen LogP contribution in [0.5, 0.6) is 0 Å². The van der Waals surface area contributed by atoms with E-state index in [1.165, 1.54) is 18.4 Å². The minimum atomic E-state index is -0.453. The minimum Gasteiger partial charge on any atom is -0.464 e. The molecule has 1 aromatic rings. The molecule has 1 N–H and O–H groups in total. The lowest BCUT2D eigenvalue weighted by Gasteiger charge is -2.20. The number of methoxy groups -OCH3 is 1. The van der Waals surface area contributed by atoms with Crippen LogP contribution in [0.25, 0.3) is 0 Å². The maximum absolute atomic E-state index is 12.2. The zero-order valence-electron chi connectivity index (χ0n) is 11.9. The molecule has 7 heteroatoms. The largest absolute Gasteiger partial charge is 0.464 e. The Hall–Kier alpha value is -1.63. The zero-order chi connectivity index (χ0) is 14.7. The van der Waals surface area contributed by atoms with Crippen LogP contribution in [0, 0.1) is 6.92 Å². The Morgan fingerprint density at radius 1 is 1.40 bits per heavy atom. The number of nitrogens with one attached hydrogen (secondary N) is 1. The second-order valence-corrected chi connectivity index (χ2v) is 6.02. The molecule has 2 heterocycles. The summed E-state index contributed by atoms with van der Waals surface area (Å²) in [6.45, 7) is 5.28. The van der Waals surface area contributed by atoms with Crippen molar-refractivity contribution in [3.05, 3.63) is 10.6 Å². The number of ether oxygens (including phenoxy) is 1. The fourth-order valence-electron chi connectivity index (χ4n) is 2.20. The lowest BCUT2D eigenvalue weighted by atomic mass is 10.3. The van der Waals surface area contributed by atoms with Crippen LogP contribution >= 0.6 is 11.3 Å². The van der Waals surface area contributed by atoms with Gasteiger partial charge in [-0.3, -0.25) is 4.79 Å². The van der Waals surface area contributed by atoms with Gasteiger partial charge in [0.15, 0.2) is 10.8 Å². The number of rotatable bonds is 4. The van der Waals surface area contributed by atoms with Gasteiger partial charge in [0, 0.05) is 18.0 Å². The fourth-order valence-corrected chi connectivity index (χ4v) is 3.09. The summed E-state index contributed by atoms with van der Waals surface area (Å²) in [5, 5.41) is 3.64. The smallest absolute Gasteiger partial charge is 0.357 e. The van der Waals surface area contributed by atoms with Crippen molar-refractivity contribution in [2.75, 3.05) is 25.5 Å². The molecule has 20 heavy (non-hydrogen) atoms. The van der Waals surface area contributed by atoms with E-state index in [9.17, 15) is 9.59 Å². The molecule has 1 aromatic heterocycles. The standard InChI is InChI=1S/C13H19N3O3S/c1-8(11(17)16-6-4-5-7-16)14-13-15-10(9(2)20-13)12(18)19-3/h8H,4-7H2,1-3H3,(H,14,15). The summed E-state index contributed by atoms with van der Waals surface area (Å²) in [6, 6.07) is -0.343. The summed E-state index contributed by atoms with van der Waals surface area (Å²) in [4.78, 5) is 30.5. The first-order valence-corrected chi connectivity index (χ1v) is 7.45. The van der Waals surface area contributed by atoms with Crippen LogP contribution in [0.1, 0.15) is 35.1 Å². The molecule has 1 saturated heterocycles. The van der Waals surface area contributed by atoms with Gasteiger partial charge < -0.3 is 15.0 Å². The molecule has 1 aliphatic heterocycles. The highest BCUT2D eigenvalue weighted by atomic mass is 32.1. The number of amides is 1. The third kappa shape index (κ3) is 3.09. The first-order chi connectivity index (χ1) is 9.52. The van der Waals surface area contributed by atoms with Crippen molar-refractivity contribution in [3.8, 4) is 0 Å². The number of likely N-dealkylation sites (tertiary alicyclic amines) is 1. The maximum Gasteiger partial charge on any atom is 0.357 e. The van der Waals surface area contributed by atoms with Crippen molar-refractivity contribution in [2.45, 2.75) is 32.7 Å². The molecule has 1 aliphatic rings. The molecular weight excluding hydrogens is 278 g/mol. The minimum absolute atomic E-state index is 0.0787. The van der Waals surface area contributed by atoms with Gasteiger partial charge in [0.25, 0.3) is 0 Å². The van der Waals surface area contributed by atoms with Crippen LogP contribution in [-0.2, 0) is 9.53 Å². The number of thiazole rings is 1. The average molecular weight is 297 g/mol. The highest BCUT2D eigenvalue weighted by Crippen LogP contribution is 2.23. The van der Waals surface area contributed by atoms with Gasteiger partial charge in [-0.05, 0) is 26.7 Å². The number of carbonyl (C=O) groups is 2. The fraction of sp³-hybridized carbons (Fsp3) is 0.615. The predicted octanol–water partition coefficient (Wildman–Crippen LogP) is 1.66. The molecule has 0 spiro atoms. The molecule has 1 atom stereocenters. The van der Waals surface area contributed by atoms with E-state index in [1.54, 1.807) is 0 Å². The number of hydrogen-bond donors (Lipinski definition) is 1. The van der Waals surface area contributed by atoms with Crippen molar-refractivity contribution in [3.63, 3.8) is 0 Å². The molecule has 1 amide bonds. The Labute approximate surface area is 122 Å². The third-order valence-electron chi connectivity index (χ3n) is 3.30. The molecule has 2 rings (SSSR count). The van der Waals surface area contributed by atoms with E-state index in [4.69, 9.17) is 0 Å². The SMILES string of the molecule is COC(=O)c1nc(NC(C)C(=O)N2CCCC2)sc1C. The van der Waals surface area contributed by atoms with Crippen LogP contribution in [0.3, 0.4) is 0 Å². The molecule has 0 saturated carbocycles. The van der Waals surface area contributed by atoms with Crippen LogP contribution in [0.2, 0.25) is 0 Å². The summed E-state index contributed by atoms with van der Waals surface area (Å²) in [5.74, 6) is -0.375. The monoisotopic (exact) mass is 297 g/mol. The van der Waals surface area contributed by atoms with Crippen LogP contribution < -0.4 is 5.32 Å². The van der Waals surface area contributed by atoms with E-state index in [0.29, 0.717) is 10.8 Å². The van der Waals surface area contributed by atoms with Crippen LogP contribution in [-0.4, -0.2) is 48.0 Å². The highest BCUT2D eigenvalue weighted by Gasteiger charge is 2.24. The molecular formula is C13H19N3O3S. The van der Waals surface area contributed by atoms with Crippen molar-refractivity contribution in [1.82, 2.24) is 9.88 Å². The summed E-state index contributed by atoms with van der Waals surface area (Å²) < 4.78 is 4.67. The summed E-state index contributed by atoms with van der Waals surface area (Å²) >= 11 is 1.35. The van der Waals surface area contributed by atoms with Crippen LogP contribution in [0.15, 0.2) is 0 Å². The Balaban J connectivity index is 2.02. The molecule has 0 bridgehead atoms. The average Bonchev–Trinajstić information content (AvgIpc) is 3.06. The van der Waals surface area contributed by atoms with Crippen molar-refractivity contribution >= 4 is 28.3 Å². The van der Waals surface area contributed by atoms with Gasteiger partial charge in [0.05, 0.1) is 7.11 Å². The number of aryl methyl sites for hydroxylation is 1. The number of nitrogens with zero attached hydrogens (tertiary/aromatic N) is 2. The van der Waals surface area contributed by atoms with E-state index < -0.39 is 5.97 Å². The highest BCUT2D eigenvalue weighted by molar-refractivity contribution is 7.15. The van der Waals surface area contributed by atoms with Gasteiger partial charge >= 0.3 is 5.97 Å². The van der Waals surface area contributed by atoms with Gasteiger partial charge in [0.2, 0.25) is 5.91 Å². The molecule has 6 nitrogen and oxygen atoms in total. The molecule has 1 fully saturated rings. The molecule has 1 unspecified atom stereocenters. The number of aromatic nitrogens is 1. The van der Waals surface area contributed by atoms with E-state index in [-0.39, 0.29) is 11.9 Å². The lowest BCUT2D eigenvalue weighted by molar-refractivity contribution is -0.130. The first kappa shape index (κ1) is 14.8. The normalized spacial score (nSPS) is 16.1. The molecule has 0 aromatic carbocycles. The predicted molar refractivity (Wildman–Crippen MR) is 77.1 cm³/mol. The first-order valence-electron chi connectivity index (χ1n) is 6.64. The molecule has 0 radical (unpaired) electrons. The quantitative estimate of drug-likeness (QED) is 0.856. The number of anilines is 1. The van der Waals surface area contributed by atoms with Crippen molar-refractivity contribution < 1.29 is 14.3 Å². The number of esters is 1. The van der Waals surface area contributed by atoms with Gasteiger partial charge in [-0.25, -0.2) is 9.78 Å².